The number of carbonyl (C=O) groups is 1. The fraction of sp³-hybridized carbons (Fsp3) is 0.143. The Kier molecular flexibility index (Phi) is 3.71. The molecule has 0 unspecified atom stereocenters. The predicted molar refractivity (Wildman–Crippen MR) is 72.2 cm³/mol. The van der Waals surface area contributed by atoms with Crippen molar-refractivity contribution in [1.29, 1.82) is 0 Å². The predicted octanol–water partition coefficient (Wildman–Crippen LogP) is 3.84. The molecule has 0 aliphatic heterocycles. The van der Waals surface area contributed by atoms with Gasteiger partial charge < -0.3 is 9.84 Å². The molecule has 0 fully saturated rings. The van der Waals surface area contributed by atoms with E-state index < -0.39 is 5.97 Å². The van der Waals surface area contributed by atoms with E-state index >= 15 is 0 Å². The van der Waals surface area contributed by atoms with Crippen molar-refractivity contribution in [3.05, 3.63) is 52.2 Å². The quantitative estimate of drug-likeness (QED) is 0.926. The Morgan fingerprint density at radius 3 is 2.63 bits per heavy atom. The number of aromatic carboxylic acids is 1. The summed E-state index contributed by atoms with van der Waals surface area (Å²) in [5.41, 5.74) is 1.33. The van der Waals surface area contributed by atoms with E-state index in [1.54, 1.807) is 44.2 Å². The van der Waals surface area contributed by atoms with Gasteiger partial charge in [0.2, 0.25) is 5.88 Å². The summed E-state index contributed by atoms with van der Waals surface area (Å²) in [6, 6.07) is 8.54. The van der Waals surface area contributed by atoms with E-state index in [1.165, 1.54) is 0 Å². The standard InChI is InChI=1S/C14H12ClNO3/c1-8-7-9(2)16-13(12(8)14(17)18)19-11-6-4-3-5-10(11)15/h3-7H,1-2H3,(H,17,18). The van der Waals surface area contributed by atoms with E-state index in [1.807, 2.05) is 0 Å². The largest absolute Gasteiger partial charge is 0.477 e. The number of benzene rings is 1. The number of para-hydroxylation sites is 1. The van der Waals surface area contributed by atoms with Crippen molar-refractivity contribution in [1.82, 2.24) is 4.98 Å². The Hall–Kier alpha value is -2.07. The maximum Gasteiger partial charge on any atom is 0.341 e. The number of aryl methyl sites for hydroxylation is 2. The number of hydrogen-bond acceptors (Lipinski definition) is 3. The summed E-state index contributed by atoms with van der Waals surface area (Å²) in [5.74, 6) is -0.644. The molecule has 98 valence electrons. The minimum atomic E-state index is -1.08. The van der Waals surface area contributed by atoms with E-state index in [4.69, 9.17) is 16.3 Å². The third-order valence-electron chi connectivity index (χ3n) is 2.57. The Bertz CT molecular complexity index is 641. The molecule has 0 aliphatic carbocycles. The summed E-state index contributed by atoms with van der Waals surface area (Å²) in [4.78, 5) is 15.4. The van der Waals surface area contributed by atoms with Gasteiger partial charge in [0.25, 0.3) is 0 Å². The molecule has 0 saturated heterocycles. The van der Waals surface area contributed by atoms with Gasteiger partial charge in [0.1, 0.15) is 11.3 Å². The van der Waals surface area contributed by atoms with Gasteiger partial charge in [0.05, 0.1) is 5.02 Å². The maximum absolute atomic E-state index is 11.3. The van der Waals surface area contributed by atoms with Crippen LogP contribution >= 0.6 is 11.6 Å². The molecule has 1 aromatic heterocycles. The van der Waals surface area contributed by atoms with Crippen LogP contribution in [0.5, 0.6) is 11.6 Å². The van der Waals surface area contributed by atoms with Gasteiger partial charge in [0.15, 0.2) is 0 Å². The van der Waals surface area contributed by atoms with Gasteiger partial charge in [0, 0.05) is 5.69 Å². The van der Waals surface area contributed by atoms with Crippen LogP contribution in [0.1, 0.15) is 21.6 Å². The van der Waals surface area contributed by atoms with Crippen LogP contribution in [0, 0.1) is 13.8 Å². The number of rotatable bonds is 3. The zero-order valence-corrected chi connectivity index (χ0v) is 11.2. The van der Waals surface area contributed by atoms with Gasteiger partial charge >= 0.3 is 5.97 Å². The molecule has 1 N–H and O–H groups in total. The maximum atomic E-state index is 11.3. The fourth-order valence-corrected chi connectivity index (χ4v) is 1.94. The molecule has 0 radical (unpaired) electrons. The van der Waals surface area contributed by atoms with Crippen LogP contribution in [0.3, 0.4) is 0 Å². The zero-order valence-electron chi connectivity index (χ0n) is 10.5. The van der Waals surface area contributed by atoms with E-state index in [0.29, 0.717) is 22.0 Å². The van der Waals surface area contributed by atoms with Crippen LogP contribution in [0.15, 0.2) is 30.3 Å². The molecule has 0 spiro atoms. The highest BCUT2D eigenvalue weighted by molar-refractivity contribution is 6.32. The number of nitrogens with zero attached hydrogens (tertiary/aromatic N) is 1. The van der Waals surface area contributed by atoms with Crippen molar-refractivity contribution in [3.63, 3.8) is 0 Å². The summed E-state index contributed by atoms with van der Waals surface area (Å²) in [7, 11) is 0. The van der Waals surface area contributed by atoms with Crippen molar-refractivity contribution in [2.45, 2.75) is 13.8 Å². The van der Waals surface area contributed by atoms with Crippen LogP contribution in [0.25, 0.3) is 0 Å². The van der Waals surface area contributed by atoms with Crippen molar-refractivity contribution >= 4 is 17.6 Å². The SMILES string of the molecule is Cc1cc(C)c(C(=O)O)c(Oc2ccccc2Cl)n1. The van der Waals surface area contributed by atoms with Gasteiger partial charge in [-0.25, -0.2) is 9.78 Å². The summed E-state index contributed by atoms with van der Waals surface area (Å²) in [6.07, 6.45) is 0. The van der Waals surface area contributed by atoms with E-state index in [2.05, 4.69) is 4.98 Å². The third kappa shape index (κ3) is 2.85. The molecule has 1 aromatic carbocycles. The van der Waals surface area contributed by atoms with E-state index in [0.717, 1.165) is 0 Å². The minimum Gasteiger partial charge on any atom is -0.477 e. The summed E-state index contributed by atoms with van der Waals surface area (Å²) >= 11 is 5.99. The number of pyridine rings is 1. The van der Waals surface area contributed by atoms with Gasteiger partial charge in [-0.15, -0.1) is 0 Å². The summed E-state index contributed by atoms with van der Waals surface area (Å²) in [5, 5.41) is 9.63. The first kappa shape index (κ1) is 13.4. The lowest BCUT2D eigenvalue weighted by atomic mass is 10.1. The average Bonchev–Trinajstić information content (AvgIpc) is 2.30. The van der Waals surface area contributed by atoms with E-state index in [-0.39, 0.29) is 11.4 Å². The molecule has 0 aliphatic rings. The molecule has 4 nitrogen and oxygen atoms in total. The molecule has 0 saturated carbocycles. The molecule has 5 heteroatoms. The number of hydrogen-bond donors (Lipinski definition) is 1. The smallest absolute Gasteiger partial charge is 0.341 e. The number of halogens is 1. The average molecular weight is 278 g/mol. The fourth-order valence-electron chi connectivity index (χ4n) is 1.77. The number of carboxylic acid groups (broad SMARTS) is 1. The molecule has 2 rings (SSSR count). The third-order valence-corrected chi connectivity index (χ3v) is 2.88. The van der Waals surface area contributed by atoms with Crippen molar-refractivity contribution in [2.24, 2.45) is 0 Å². The summed E-state index contributed by atoms with van der Waals surface area (Å²) in [6.45, 7) is 3.48. The Balaban J connectivity index is 2.51. The first-order valence-electron chi connectivity index (χ1n) is 5.63. The number of aromatic nitrogens is 1. The Morgan fingerprint density at radius 2 is 2.00 bits per heavy atom. The normalized spacial score (nSPS) is 10.3. The molecular formula is C14H12ClNO3. The van der Waals surface area contributed by atoms with Crippen molar-refractivity contribution in [2.75, 3.05) is 0 Å². The highest BCUT2D eigenvalue weighted by Crippen LogP contribution is 2.31. The second-order valence-electron chi connectivity index (χ2n) is 4.10. The van der Waals surface area contributed by atoms with Crippen LogP contribution in [0.4, 0.5) is 0 Å². The molecule has 0 amide bonds. The molecular weight excluding hydrogens is 266 g/mol. The lowest BCUT2D eigenvalue weighted by Gasteiger charge is -2.11. The van der Waals surface area contributed by atoms with E-state index in [9.17, 15) is 9.90 Å². The topological polar surface area (TPSA) is 59.4 Å². The van der Waals surface area contributed by atoms with Gasteiger partial charge in [-0.1, -0.05) is 23.7 Å². The van der Waals surface area contributed by atoms with Crippen LogP contribution in [-0.2, 0) is 0 Å². The molecule has 0 atom stereocenters. The van der Waals surface area contributed by atoms with Crippen LogP contribution in [0.2, 0.25) is 5.02 Å². The lowest BCUT2D eigenvalue weighted by molar-refractivity contribution is 0.0692. The number of ether oxygens (including phenoxy) is 1. The van der Waals surface area contributed by atoms with Gasteiger partial charge in [-0.3, -0.25) is 0 Å². The first-order chi connectivity index (χ1) is 8.99. The second-order valence-corrected chi connectivity index (χ2v) is 4.51. The zero-order chi connectivity index (χ0) is 14.0. The van der Waals surface area contributed by atoms with Crippen LogP contribution in [-0.4, -0.2) is 16.1 Å². The highest BCUT2D eigenvalue weighted by atomic mass is 35.5. The minimum absolute atomic E-state index is 0.0468. The van der Waals surface area contributed by atoms with Gasteiger partial charge in [-0.2, -0.15) is 0 Å². The second kappa shape index (κ2) is 5.28. The monoisotopic (exact) mass is 277 g/mol. The molecule has 0 bridgehead atoms. The molecule has 19 heavy (non-hydrogen) atoms. The Labute approximate surface area is 115 Å². The summed E-state index contributed by atoms with van der Waals surface area (Å²) < 4.78 is 5.54. The van der Waals surface area contributed by atoms with Crippen LogP contribution < -0.4 is 4.74 Å². The first-order valence-corrected chi connectivity index (χ1v) is 6.00. The van der Waals surface area contributed by atoms with Gasteiger partial charge in [-0.05, 0) is 37.6 Å². The lowest BCUT2D eigenvalue weighted by Crippen LogP contribution is -2.06. The van der Waals surface area contributed by atoms with Crippen molar-refractivity contribution < 1.29 is 14.6 Å². The van der Waals surface area contributed by atoms with Crippen molar-refractivity contribution in [3.8, 4) is 11.6 Å². The molecule has 1 heterocycles. The molecule has 2 aromatic rings. The Morgan fingerprint density at radius 1 is 1.32 bits per heavy atom. The number of carboxylic acids is 1. The highest BCUT2D eigenvalue weighted by Gasteiger charge is 2.18.